The van der Waals surface area contributed by atoms with Gasteiger partial charge in [-0.2, -0.15) is 5.10 Å². The molecule has 18 heavy (non-hydrogen) atoms. The molecule has 92 valence electrons. The SMILES string of the molecule is NC(=S)c1ccnnc1Nc1ccc(Cl)c(Cl)c1. The minimum absolute atomic E-state index is 0.243. The van der Waals surface area contributed by atoms with Crippen molar-refractivity contribution in [2.45, 2.75) is 0 Å². The lowest BCUT2D eigenvalue weighted by Gasteiger charge is -2.09. The lowest BCUT2D eigenvalue weighted by Crippen LogP contribution is -2.13. The maximum absolute atomic E-state index is 5.92. The topological polar surface area (TPSA) is 63.8 Å². The second-order valence-electron chi connectivity index (χ2n) is 3.41. The van der Waals surface area contributed by atoms with Crippen LogP contribution < -0.4 is 11.1 Å². The minimum atomic E-state index is 0.243. The van der Waals surface area contributed by atoms with Gasteiger partial charge in [-0.1, -0.05) is 35.4 Å². The molecular weight excluding hydrogens is 291 g/mol. The number of anilines is 2. The standard InChI is InChI=1S/C11H8Cl2N4S/c12-8-2-1-6(5-9(8)13)16-11-7(10(14)18)3-4-15-17-11/h1-5H,(H2,14,18)(H,16,17). The molecule has 1 aromatic carbocycles. The molecule has 0 amide bonds. The summed E-state index contributed by atoms with van der Waals surface area (Å²) >= 11 is 16.7. The number of nitrogens with zero attached hydrogens (tertiary/aromatic N) is 2. The van der Waals surface area contributed by atoms with Crippen LogP contribution in [0.5, 0.6) is 0 Å². The van der Waals surface area contributed by atoms with E-state index in [0.717, 1.165) is 5.69 Å². The number of nitrogens with two attached hydrogens (primary N) is 1. The third-order valence-electron chi connectivity index (χ3n) is 2.17. The maximum Gasteiger partial charge on any atom is 0.163 e. The van der Waals surface area contributed by atoms with E-state index in [0.29, 0.717) is 21.4 Å². The monoisotopic (exact) mass is 298 g/mol. The fraction of sp³-hybridized carbons (Fsp3) is 0. The molecule has 7 heteroatoms. The number of hydrogen-bond donors (Lipinski definition) is 2. The minimum Gasteiger partial charge on any atom is -0.389 e. The summed E-state index contributed by atoms with van der Waals surface area (Å²) in [5.74, 6) is 0.475. The highest BCUT2D eigenvalue weighted by Gasteiger charge is 2.08. The van der Waals surface area contributed by atoms with Crippen LogP contribution in [0.3, 0.4) is 0 Å². The molecule has 0 aliphatic rings. The largest absolute Gasteiger partial charge is 0.389 e. The van der Waals surface area contributed by atoms with Crippen LogP contribution in [-0.4, -0.2) is 15.2 Å². The van der Waals surface area contributed by atoms with E-state index in [2.05, 4.69) is 15.5 Å². The van der Waals surface area contributed by atoms with Crippen molar-refractivity contribution in [1.29, 1.82) is 0 Å². The first-order chi connectivity index (χ1) is 8.58. The van der Waals surface area contributed by atoms with Gasteiger partial charge in [-0.05, 0) is 24.3 Å². The summed E-state index contributed by atoms with van der Waals surface area (Å²) in [4.78, 5) is 0.243. The van der Waals surface area contributed by atoms with Gasteiger partial charge in [0, 0.05) is 5.69 Å². The maximum atomic E-state index is 5.92. The Morgan fingerprint density at radius 2 is 2.00 bits per heavy atom. The molecule has 0 fully saturated rings. The van der Waals surface area contributed by atoms with Crippen LogP contribution in [0.4, 0.5) is 11.5 Å². The molecule has 0 radical (unpaired) electrons. The summed E-state index contributed by atoms with van der Waals surface area (Å²) in [5.41, 5.74) is 6.94. The van der Waals surface area contributed by atoms with Crippen LogP contribution in [-0.2, 0) is 0 Å². The lowest BCUT2D eigenvalue weighted by molar-refractivity contribution is 1.03. The van der Waals surface area contributed by atoms with Gasteiger partial charge in [-0.25, -0.2) is 0 Å². The van der Waals surface area contributed by atoms with E-state index in [9.17, 15) is 0 Å². The van der Waals surface area contributed by atoms with Crippen molar-refractivity contribution in [3.63, 3.8) is 0 Å². The summed E-state index contributed by atoms with van der Waals surface area (Å²) in [5, 5.41) is 11.7. The summed E-state index contributed by atoms with van der Waals surface area (Å²) in [6.07, 6.45) is 1.52. The zero-order valence-electron chi connectivity index (χ0n) is 9.02. The molecule has 0 spiro atoms. The van der Waals surface area contributed by atoms with Gasteiger partial charge in [0.05, 0.1) is 21.8 Å². The van der Waals surface area contributed by atoms with E-state index in [1.807, 2.05) is 0 Å². The van der Waals surface area contributed by atoms with Crippen LogP contribution in [0, 0.1) is 0 Å². The normalized spacial score (nSPS) is 10.1. The highest BCUT2D eigenvalue weighted by Crippen LogP contribution is 2.27. The Balaban J connectivity index is 2.34. The first kappa shape index (κ1) is 13.0. The van der Waals surface area contributed by atoms with Gasteiger partial charge in [0.1, 0.15) is 4.99 Å². The summed E-state index contributed by atoms with van der Waals surface area (Å²) in [6, 6.07) is 6.83. The van der Waals surface area contributed by atoms with Gasteiger partial charge in [-0.15, -0.1) is 5.10 Å². The Labute approximate surface area is 119 Å². The summed E-state index contributed by atoms with van der Waals surface area (Å²) < 4.78 is 0. The molecule has 0 bridgehead atoms. The van der Waals surface area contributed by atoms with E-state index in [-0.39, 0.29) is 4.99 Å². The van der Waals surface area contributed by atoms with Gasteiger partial charge >= 0.3 is 0 Å². The van der Waals surface area contributed by atoms with Crippen LogP contribution in [0.15, 0.2) is 30.5 Å². The van der Waals surface area contributed by atoms with Crippen molar-refractivity contribution >= 4 is 51.9 Å². The highest BCUT2D eigenvalue weighted by molar-refractivity contribution is 7.80. The van der Waals surface area contributed by atoms with Crippen molar-refractivity contribution in [2.75, 3.05) is 5.32 Å². The summed E-state index contributed by atoms with van der Waals surface area (Å²) in [7, 11) is 0. The molecule has 0 aliphatic heterocycles. The van der Waals surface area contributed by atoms with Crippen LogP contribution in [0.2, 0.25) is 10.0 Å². The predicted octanol–water partition coefficient (Wildman–Crippen LogP) is 3.16. The molecule has 1 heterocycles. The fourth-order valence-corrected chi connectivity index (χ4v) is 1.80. The highest BCUT2D eigenvalue weighted by atomic mass is 35.5. The van der Waals surface area contributed by atoms with Crippen molar-refractivity contribution in [3.05, 3.63) is 46.1 Å². The Morgan fingerprint density at radius 3 is 2.67 bits per heavy atom. The molecule has 0 atom stereocenters. The van der Waals surface area contributed by atoms with Crippen LogP contribution in [0.25, 0.3) is 0 Å². The van der Waals surface area contributed by atoms with Gasteiger partial charge in [-0.3, -0.25) is 0 Å². The van der Waals surface area contributed by atoms with Crippen molar-refractivity contribution in [1.82, 2.24) is 10.2 Å². The Bertz CT molecular complexity index is 603. The van der Waals surface area contributed by atoms with E-state index in [1.165, 1.54) is 6.20 Å². The number of rotatable bonds is 3. The second-order valence-corrected chi connectivity index (χ2v) is 4.67. The molecule has 3 N–H and O–H groups in total. The fourth-order valence-electron chi connectivity index (χ4n) is 1.33. The van der Waals surface area contributed by atoms with Gasteiger partial charge in [0.25, 0.3) is 0 Å². The zero-order valence-corrected chi connectivity index (χ0v) is 11.4. The van der Waals surface area contributed by atoms with Gasteiger partial charge in [0.15, 0.2) is 5.82 Å². The second kappa shape index (κ2) is 5.48. The molecule has 1 aromatic heterocycles. The Morgan fingerprint density at radius 1 is 1.22 bits per heavy atom. The van der Waals surface area contributed by atoms with Crippen molar-refractivity contribution in [3.8, 4) is 0 Å². The molecule has 0 aliphatic carbocycles. The zero-order chi connectivity index (χ0) is 13.1. The first-order valence-electron chi connectivity index (χ1n) is 4.91. The quantitative estimate of drug-likeness (QED) is 0.852. The average molecular weight is 299 g/mol. The van der Waals surface area contributed by atoms with Crippen LogP contribution in [0.1, 0.15) is 5.56 Å². The van der Waals surface area contributed by atoms with E-state index in [1.54, 1.807) is 24.3 Å². The van der Waals surface area contributed by atoms with Crippen molar-refractivity contribution < 1.29 is 0 Å². The molecule has 2 rings (SSSR count). The van der Waals surface area contributed by atoms with E-state index in [4.69, 9.17) is 41.2 Å². The lowest BCUT2D eigenvalue weighted by atomic mass is 10.2. The average Bonchev–Trinajstić information content (AvgIpc) is 2.34. The van der Waals surface area contributed by atoms with Crippen molar-refractivity contribution in [2.24, 2.45) is 5.73 Å². The van der Waals surface area contributed by atoms with Gasteiger partial charge in [0.2, 0.25) is 0 Å². The number of aromatic nitrogens is 2. The Kier molecular flexibility index (Phi) is 3.96. The smallest absolute Gasteiger partial charge is 0.163 e. The third kappa shape index (κ3) is 2.87. The predicted molar refractivity (Wildman–Crippen MR) is 77.7 cm³/mol. The molecule has 0 saturated heterocycles. The number of hydrogen-bond acceptors (Lipinski definition) is 4. The molecule has 0 saturated carbocycles. The number of thiocarbonyl (C=S) groups is 1. The molecule has 0 unspecified atom stereocenters. The van der Waals surface area contributed by atoms with E-state index < -0.39 is 0 Å². The number of nitrogens with one attached hydrogen (secondary N) is 1. The Hall–Kier alpha value is -1.43. The third-order valence-corrected chi connectivity index (χ3v) is 3.13. The molecule has 2 aromatic rings. The molecular formula is C11H8Cl2N4S. The molecule has 4 nitrogen and oxygen atoms in total. The van der Waals surface area contributed by atoms with E-state index >= 15 is 0 Å². The first-order valence-corrected chi connectivity index (χ1v) is 6.08. The number of halogens is 2. The number of benzene rings is 1. The van der Waals surface area contributed by atoms with Gasteiger partial charge < -0.3 is 11.1 Å². The van der Waals surface area contributed by atoms with Crippen LogP contribution >= 0.6 is 35.4 Å². The summed E-state index contributed by atoms with van der Waals surface area (Å²) in [6.45, 7) is 0.